The van der Waals surface area contributed by atoms with Crippen molar-refractivity contribution >= 4 is 5.97 Å². The summed E-state index contributed by atoms with van der Waals surface area (Å²) in [5.74, 6) is -0.275. The van der Waals surface area contributed by atoms with Crippen LogP contribution in [-0.4, -0.2) is 12.1 Å². The van der Waals surface area contributed by atoms with Gasteiger partial charge in [-0.3, -0.25) is 4.79 Å². The van der Waals surface area contributed by atoms with Crippen LogP contribution in [0.25, 0.3) is 0 Å². The lowest BCUT2D eigenvalue weighted by Gasteiger charge is -2.01. The Morgan fingerprint density at radius 1 is 1.86 bits per heavy atom. The van der Waals surface area contributed by atoms with Crippen LogP contribution in [0.2, 0.25) is 0 Å². The van der Waals surface area contributed by atoms with Crippen LogP contribution in [0.4, 0.5) is 0 Å². The van der Waals surface area contributed by atoms with E-state index in [9.17, 15) is 4.79 Å². The fourth-order valence-electron chi connectivity index (χ4n) is 0.283. The van der Waals surface area contributed by atoms with Crippen LogP contribution >= 0.6 is 0 Å². The number of carbonyl (C=O) groups is 1. The van der Waals surface area contributed by atoms with Crippen molar-refractivity contribution in [3.63, 3.8) is 0 Å². The van der Waals surface area contributed by atoms with E-state index in [0.29, 0.717) is 0 Å². The van der Waals surface area contributed by atoms with E-state index >= 15 is 0 Å². The first-order chi connectivity index (χ1) is 3.13. The minimum absolute atomic E-state index is 0.225. The molecule has 41 valence electrons. The molecule has 0 aromatic carbocycles. The number of rotatable bonds is 1. The van der Waals surface area contributed by atoms with E-state index < -0.39 is 0 Å². The van der Waals surface area contributed by atoms with E-state index in [1.165, 1.54) is 6.92 Å². The zero-order valence-electron chi connectivity index (χ0n) is 4.60. The van der Waals surface area contributed by atoms with Crippen molar-refractivity contribution in [2.24, 2.45) is 0 Å². The summed E-state index contributed by atoms with van der Waals surface area (Å²) in [5, 5.41) is 0. The van der Waals surface area contributed by atoms with Gasteiger partial charge in [0, 0.05) is 6.92 Å². The summed E-state index contributed by atoms with van der Waals surface area (Å²) < 4.78 is 4.50. The van der Waals surface area contributed by atoms with E-state index in [2.05, 4.69) is 11.7 Å². The maximum atomic E-state index is 9.99. The van der Waals surface area contributed by atoms with Crippen molar-refractivity contribution in [1.82, 2.24) is 0 Å². The smallest absolute Gasteiger partial charge is 0.302 e. The van der Waals surface area contributed by atoms with Crippen LogP contribution in [-0.2, 0) is 9.53 Å². The second kappa shape index (κ2) is 2.61. The number of carbonyl (C=O) groups excluding carboxylic acids is 1. The Morgan fingerprint density at radius 3 is 2.29 bits per heavy atom. The van der Waals surface area contributed by atoms with Gasteiger partial charge in [0.1, 0.15) is 0 Å². The molecule has 0 aromatic rings. The van der Waals surface area contributed by atoms with Gasteiger partial charge in [-0.1, -0.05) is 0 Å². The molecule has 2 heteroatoms. The quantitative estimate of drug-likeness (QED) is 0.456. The second-order valence-corrected chi connectivity index (χ2v) is 1.42. The van der Waals surface area contributed by atoms with Crippen molar-refractivity contribution in [1.29, 1.82) is 0 Å². The molecule has 0 aliphatic rings. The molecule has 0 rings (SSSR count). The molecule has 0 bridgehead atoms. The van der Waals surface area contributed by atoms with Gasteiger partial charge in [-0.25, -0.2) is 0 Å². The van der Waals surface area contributed by atoms with E-state index in [-0.39, 0.29) is 12.1 Å². The Hall–Kier alpha value is -0.530. The third kappa shape index (κ3) is 5.47. The van der Waals surface area contributed by atoms with E-state index in [0.717, 1.165) is 0 Å². The minimum atomic E-state index is -0.275. The lowest BCUT2D eigenvalue weighted by Crippen LogP contribution is -2.06. The predicted molar refractivity (Wildman–Crippen MR) is 26.6 cm³/mol. The lowest BCUT2D eigenvalue weighted by molar-refractivity contribution is -0.143. The normalized spacial score (nSPS) is 9.14. The zero-order valence-corrected chi connectivity index (χ0v) is 4.60. The second-order valence-electron chi connectivity index (χ2n) is 1.42. The Labute approximate surface area is 43.5 Å². The van der Waals surface area contributed by atoms with Gasteiger partial charge < -0.3 is 4.74 Å². The average Bonchev–Trinajstić information content (AvgIpc) is 1.27. The molecule has 0 fully saturated rings. The molecule has 0 aliphatic carbocycles. The molecule has 1 atom stereocenters. The fourth-order valence-corrected chi connectivity index (χ4v) is 0.283. The Kier molecular flexibility index (Phi) is 2.41. The molecular weight excluding hydrogens is 92.1 g/mol. The van der Waals surface area contributed by atoms with Gasteiger partial charge in [0.2, 0.25) is 0 Å². The molecule has 0 aromatic heterocycles. The maximum Gasteiger partial charge on any atom is 0.302 e. The highest BCUT2D eigenvalue weighted by atomic mass is 16.5. The van der Waals surface area contributed by atoms with Crippen LogP contribution in [0.3, 0.4) is 0 Å². The summed E-state index contributed by atoms with van der Waals surface area (Å²) in [6, 6.07) is 0. The Morgan fingerprint density at radius 2 is 2.29 bits per heavy atom. The number of hydrogen-bond acceptors (Lipinski definition) is 2. The first kappa shape index (κ1) is 6.47. The maximum absolute atomic E-state index is 9.99. The van der Waals surface area contributed by atoms with Crippen LogP contribution in [0.15, 0.2) is 0 Å². The number of hydrogen-bond donors (Lipinski definition) is 0. The molecule has 0 unspecified atom stereocenters. The van der Waals surface area contributed by atoms with Gasteiger partial charge in [-0.2, -0.15) is 0 Å². The number of ether oxygens (including phenoxy) is 1. The van der Waals surface area contributed by atoms with Gasteiger partial charge in [0.15, 0.2) is 0 Å². The highest BCUT2D eigenvalue weighted by Gasteiger charge is 1.93. The van der Waals surface area contributed by atoms with Crippen LogP contribution in [0.1, 0.15) is 13.8 Å². The first-order valence-corrected chi connectivity index (χ1v) is 2.13. The van der Waals surface area contributed by atoms with Gasteiger partial charge in [0.05, 0.1) is 6.10 Å². The fraction of sp³-hybridized carbons (Fsp3) is 0.600. The molecule has 0 saturated heterocycles. The average molecular weight is 101 g/mol. The van der Waals surface area contributed by atoms with E-state index in [1.807, 2.05) is 0 Å². The summed E-state index contributed by atoms with van der Waals surface area (Å²) in [7, 11) is 0. The van der Waals surface area contributed by atoms with Gasteiger partial charge >= 0.3 is 5.97 Å². The summed E-state index contributed by atoms with van der Waals surface area (Å²) in [5.41, 5.74) is 0. The molecule has 7 heavy (non-hydrogen) atoms. The van der Waals surface area contributed by atoms with Gasteiger partial charge in [0.25, 0.3) is 0 Å². The third-order valence-corrected chi connectivity index (χ3v) is 0.367. The molecule has 1 radical (unpaired) electrons. The summed E-state index contributed by atoms with van der Waals surface area (Å²) in [4.78, 5) is 9.99. The minimum Gasteiger partial charge on any atom is -0.463 e. The molecule has 0 amide bonds. The van der Waals surface area contributed by atoms with Crippen LogP contribution in [0, 0.1) is 6.92 Å². The van der Waals surface area contributed by atoms with Gasteiger partial charge in [-0.05, 0) is 13.8 Å². The van der Waals surface area contributed by atoms with Crippen molar-refractivity contribution in [3.8, 4) is 0 Å². The zero-order chi connectivity index (χ0) is 5.86. The van der Waals surface area contributed by atoms with Crippen molar-refractivity contribution in [3.05, 3.63) is 6.92 Å². The lowest BCUT2D eigenvalue weighted by atomic mass is 10.5. The molecule has 0 spiro atoms. The van der Waals surface area contributed by atoms with E-state index in [4.69, 9.17) is 0 Å². The number of esters is 1. The highest BCUT2D eigenvalue weighted by molar-refractivity contribution is 5.66. The largest absolute Gasteiger partial charge is 0.463 e. The van der Waals surface area contributed by atoms with Crippen molar-refractivity contribution in [2.45, 2.75) is 20.0 Å². The topological polar surface area (TPSA) is 26.3 Å². The van der Waals surface area contributed by atoms with E-state index in [1.54, 1.807) is 6.92 Å². The molecule has 0 aliphatic heterocycles. The van der Waals surface area contributed by atoms with Crippen LogP contribution in [0.5, 0.6) is 0 Å². The summed E-state index contributed by atoms with van der Waals surface area (Å²) in [6.07, 6.45) is -0.225. The molecule has 0 N–H and O–H groups in total. The predicted octanol–water partition coefficient (Wildman–Crippen LogP) is 0.772. The SMILES string of the molecule is [CH2][C@H](C)OC(C)=O. The highest BCUT2D eigenvalue weighted by Crippen LogP contribution is 1.84. The molecule has 0 heterocycles. The monoisotopic (exact) mass is 101 g/mol. The van der Waals surface area contributed by atoms with Crippen LogP contribution < -0.4 is 0 Å². The molecule has 2 nitrogen and oxygen atoms in total. The Balaban J connectivity index is 3.13. The van der Waals surface area contributed by atoms with Gasteiger partial charge in [-0.15, -0.1) is 0 Å². The standard InChI is InChI=1S/C5H9O2/c1-4(2)7-5(3)6/h4H,1H2,2-3H3/t4-/m1/s1. The molecule has 0 saturated carbocycles. The third-order valence-electron chi connectivity index (χ3n) is 0.367. The van der Waals surface area contributed by atoms with Crippen molar-refractivity contribution in [2.75, 3.05) is 0 Å². The molecular formula is C5H9O2. The summed E-state index contributed by atoms with van der Waals surface area (Å²) >= 11 is 0. The summed E-state index contributed by atoms with van der Waals surface area (Å²) in [6.45, 7) is 6.51. The first-order valence-electron chi connectivity index (χ1n) is 2.13. The Bertz CT molecular complexity index is 66.5. The van der Waals surface area contributed by atoms with Crippen molar-refractivity contribution < 1.29 is 9.53 Å².